The van der Waals surface area contributed by atoms with Gasteiger partial charge in [-0.2, -0.15) is 17.0 Å². The fraction of sp³-hybridized carbons (Fsp3) is 0.812. The molecule has 0 N–H and O–H groups in total. The standard InChI is InChI=1S/C16H28N4O4S/c1-4-14-11-15(24-17-14)12-19-7-5-16(6-8-19)13-20(9-10-23-16)25(21,22)18(2)3/h11H,4-10,12-13H2,1-3H3. The Kier molecular flexibility index (Phi) is 5.50. The maximum Gasteiger partial charge on any atom is 0.281 e. The van der Waals surface area contributed by atoms with Crippen molar-refractivity contribution in [1.82, 2.24) is 18.7 Å². The SMILES string of the molecule is CCc1cc(CN2CCC3(CC2)CN(S(=O)(=O)N(C)C)CCO3)on1. The zero-order valence-corrected chi connectivity index (χ0v) is 16.1. The minimum atomic E-state index is -3.39. The van der Waals surface area contributed by atoms with E-state index in [0.29, 0.717) is 19.7 Å². The predicted octanol–water partition coefficient (Wildman–Crippen LogP) is 0.710. The molecule has 0 radical (unpaired) electrons. The van der Waals surface area contributed by atoms with Crippen LogP contribution in [-0.2, 0) is 27.9 Å². The van der Waals surface area contributed by atoms with Crippen LogP contribution in [0.1, 0.15) is 31.2 Å². The van der Waals surface area contributed by atoms with Gasteiger partial charge in [-0.15, -0.1) is 0 Å². The molecule has 2 aliphatic heterocycles. The minimum Gasteiger partial charge on any atom is -0.372 e. The molecule has 0 aromatic carbocycles. The Hall–Kier alpha value is -1.00. The van der Waals surface area contributed by atoms with Gasteiger partial charge in [0, 0.05) is 46.3 Å². The molecule has 2 fully saturated rings. The van der Waals surface area contributed by atoms with Gasteiger partial charge in [-0.25, -0.2) is 0 Å². The third kappa shape index (κ3) is 4.06. The summed E-state index contributed by atoms with van der Waals surface area (Å²) in [4.78, 5) is 2.31. The van der Waals surface area contributed by atoms with E-state index in [4.69, 9.17) is 9.26 Å². The van der Waals surface area contributed by atoms with Crippen LogP contribution in [0.2, 0.25) is 0 Å². The van der Waals surface area contributed by atoms with Crippen LogP contribution in [0.3, 0.4) is 0 Å². The van der Waals surface area contributed by atoms with E-state index in [1.54, 1.807) is 18.4 Å². The van der Waals surface area contributed by atoms with E-state index in [9.17, 15) is 8.42 Å². The number of hydrogen-bond donors (Lipinski definition) is 0. The highest BCUT2D eigenvalue weighted by Crippen LogP contribution is 2.32. The van der Waals surface area contributed by atoms with Crippen molar-refractivity contribution in [2.24, 2.45) is 0 Å². The molecule has 8 nitrogen and oxygen atoms in total. The first kappa shape index (κ1) is 18.8. The van der Waals surface area contributed by atoms with Gasteiger partial charge in [0.15, 0.2) is 5.76 Å². The zero-order valence-electron chi connectivity index (χ0n) is 15.3. The first-order valence-electron chi connectivity index (χ1n) is 8.83. The maximum atomic E-state index is 12.4. The lowest BCUT2D eigenvalue weighted by atomic mass is 9.90. The van der Waals surface area contributed by atoms with Crippen LogP contribution in [0.15, 0.2) is 10.6 Å². The quantitative estimate of drug-likeness (QED) is 0.757. The molecule has 1 spiro atoms. The molecule has 0 aliphatic carbocycles. The molecule has 0 unspecified atom stereocenters. The smallest absolute Gasteiger partial charge is 0.281 e. The zero-order chi connectivity index (χ0) is 18.1. The van der Waals surface area contributed by atoms with Gasteiger partial charge in [0.2, 0.25) is 0 Å². The molecule has 3 heterocycles. The fourth-order valence-electron chi connectivity index (χ4n) is 3.48. The molecule has 2 aliphatic rings. The third-order valence-electron chi connectivity index (χ3n) is 5.12. The van der Waals surface area contributed by atoms with Crippen LogP contribution in [0.4, 0.5) is 0 Å². The molecule has 25 heavy (non-hydrogen) atoms. The summed E-state index contributed by atoms with van der Waals surface area (Å²) in [6.07, 6.45) is 2.51. The van der Waals surface area contributed by atoms with Gasteiger partial charge in [0.25, 0.3) is 10.2 Å². The summed E-state index contributed by atoms with van der Waals surface area (Å²) in [5, 5.41) is 4.03. The first-order valence-corrected chi connectivity index (χ1v) is 10.2. The van der Waals surface area contributed by atoms with E-state index in [0.717, 1.165) is 50.4 Å². The van der Waals surface area contributed by atoms with Crippen LogP contribution in [0.25, 0.3) is 0 Å². The molecule has 142 valence electrons. The van der Waals surface area contributed by atoms with E-state index >= 15 is 0 Å². The number of nitrogens with zero attached hydrogens (tertiary/aromatic N) is 4. The Morgan fingerprint density at radius 3 is 2.60 bits per heavy atom. The Labute approximate surface area is 149 Å². The topological polar surface area (TPSA) is 79.1 Å². The van der Waals surface area contributed by atoms with Crippen molar-refractivity contribution < 1.29 is 17.7 Å². The second-order valence-corrected chi connectivity index (χ2v) is 9.21. The van der Waals surface area contributed by atoms with E-state index in [2.05, 4.69) is 17.0 Å². The van der Waals surface area contributed by atoms with Crippen LogP contribution in [0, 0.1) is 0 Å². The van der Waals surface area contributed by atoms with Gasteiger partial charge in [-0.3, -0.25) is 4.90 Å². The molecule has 0 bridgehead atoms. The van der Waals surface area contributed by atoms with Crippen molar-refractivity contribution >= 4 is 10.2 Å². The largest absolute Gasteiger partial charge is 0.372 e. The molecular formula is C16H28N4O4S. The van der Waals surface area contributed by atoms with E-state index in [1.807, 2.05) is 6.07 Å². The highest BCUT2D eigenvalue weighted by Gasteiger charge is 2.43. The Morgan fingerprint density at radius 1 is 1.28 bits per heavy atom. The molecule has 3 rings (SSSR count). The number of ether oxygens (including phenoxy) is 1. The van der Waals surface area contributed by atoms with Gasteiger partial charge < -0.3 is 9.26 Å². The average molecular weight is 372 g/mol. The van der Waals surface area contributed by atoms with Gasteiger partial charge in [-0.1, -0.05) is 12.1 Å². The molecular weight excluding hydrogens is 344 g/mol. The maximum absolute atomic E-state index is 12.4. The lowest BCUT2D eigenvalue weighted by Crippen LogP contribution is -2.59. The Bertz CT molecular complexity index is 680. The molecule has 9 heteroatoms. The van der Waals surface area contributed by atoms with Crippen LogP contribution in [0.5, 0.6) is 0 Å². The van der Waals surface area contributed by atoms with Crippen molar-refractivity contribution in [2.75, 3.05) is 46.9 Å². The summed E-state index contributed by atoms with van der Waals surface area (Å²) in [5.74, 6) is 0.883. The lowest BCUT2D eigenvalue weighted by Gasteiger charge is -2.47. The van der Waals surface area contributed by atoms with Gasteiger partial charge in [0.1, 0.15) is 0 Å². The second-order valence-electron chi connectivity index (χ2n) is 7.07. The number of aromatic nitrogens is 1. The third-order valence-corrected chi connectivity index (χ3v) is 7.01. The monoisotopic (exact) mass is 372 g/mol. The molecule has 2 saturated heterocycles. The van der Waals surface area contributed by atoms with E-state index < -0.39 is 10.2 Å². The Balaban J connectivity index is 1.58. The molecule has 1 aromatic rings. The summed E-state index contributed by atoms with van der Waals surface area (Å²) < 4.78 is 39.1. The summed E-state index contributed by atoms with van der Waals surface area (Å²) in [6, 6.07) is 2.01. The molecule has 1 aromatic heterocycles. The lowest BCUT2D eigenvalue weighted by molar-refractivity contribution is -0.121. The van der Waals surface area contributed by atoms with Crippen LogP contribution in [-0.4, -0.2) is 79.6 Å². The van der Waals surface area contributed by atoms with Crippen molar-refractivity contribution in [1.29, 1.82) is 0 Å². The van der Waals surface area contributed by atoms with Crippen LogP contribution < -0.4 is 0 Å². The summed E-state index contributed by atoms with van der Waals surface area (Å²) in [6.45, 7) is 5.82. The number of hydrogen-bond acceptors (Lipinski definition) is 6. The van der Waals surface area contributed by atoms with Crippen molar-refractivity contribution in [3.63, 3.8) is 0 Å². The van der Waals surface area contributed by atoms with Crippen LogP contribution >= 0.6 is 0 Å². The number of morpholine rings is 1. The average Bonchev–Trinajstić information content (AvgIpc) is 3.05. The molecule has 0 amide bonds. The summed E-state index contributed by atoms with van der Waals surface area (Å²) >= 11 is 0. The summed E-state index contributed by atoms with van der Waals surface area (Å²) in [5.41, 5.74) is 0.608. The summed E-state index contributed by atoms with van der Waals surface area (Å²) in [7, 11) is -0.245. The molecule has 0 saturated carbocycles. The van der Waals surface area contributed by atoms with Crippen molar-refractivity contribution in [2.45, 2.75) is 38.3 Å². The minimum absolute atomic E-state index is 0.367. The second kappa shape index (κ2) is 7.32. The van der Waals surface area contributed by atoms with Crippen molar-refractivity contribution in [3.8, 4) is 0 Å². The number of piperidine rings is 1. The highest BCUT2D eigenvalue weighted by atomic mass is 32.2. The molecule has 0 atom stereocenters. The Morgan fingerprint density at radius 2 is 2.00 bits per heavy atom. The fourth-order valence-corrected chi connectivity index (χ4v) is 4.64. The normalized spacial score (nSPS) is 22.7. The van der Waals surface area contributed by atoms with Crippen molar-refractivity contribution in [3.05, 3.63) is 17.5 Å². The number of rotatable bonds is 5. The van der Waals surface area contributed by atoms with Gasteiger partial charge in [-0.05, 0) is 19.3 Å². The van der Waals surface area contributed by atoms with E-state index in [-0.39, 0.29) is 5.60 Å². The number of aryl methyl sites for hydroxylation is 1. The van der Waals surface area contributed by atoms with Gasteiger partial charge >= 0.3 is 0 Å². The highest BCUT2D eigenvalue weighted by molar-refractivity contribution is 7.86. The van der Waals surface area contributed by atoms with Gasteiger partial charge in [0.05, 0.1) is 24.4 Å². The van der Waals surface area contributed by atoms with E-state index in [1.165, 1.54) is 4.31 Å². The number of likely N-dealkylation sites (tertiary alicyclic amines) is 1. The predicted molar refractivity (Wildman–Crippen MR) is 93.3 cm³/mol. The first-order chi connectivity index (χ1) is 11.8.